The SMILES string of the molecule is Cn1c(-c2ccc(O)cc2)cc2c(N3CCCC3)nc(N3CCCC3)nc21.O=S(=O)([O-])[O-].[K+].[K+]. The molecule has 13 heteroatoms. The number of rotatable bonds is 3. The van der Waals surface area contributed by atoms with Crippen LogP contribution in [-0.4, -0.2) is 63.3 Å². The van der Waals surface area contributed by atoms with Crippen molar-refractivity contribution in [3.05, 3.63) is 30.3 Å². The monoisotopic (exact) mass is 537 g/mol. The molecule has 0 saturated carbocycles. The fourth-order valence-corrected chi connectivity index (χ4v) is 4.31. The van der Waals surface area contributed by atoms with Crippen LogP contribution in [0.2, 0.25) is 0 Å². The summed E-state index contributed by atoms with van der Waals surface area (Å²) in [6, 6.07) is 9.57. The van der Waals surface area contributed by atoms with Crippen molar-refractivity contribution in [3.63, 3.8) is 0 Å². The molecular weight excluding hydrogens is 513 g/mol. The van der Waals surface area contributed by atoms with Crippen molar-refractivity contribution in [1.29, 1.82) is 0 Å². The van der Waals surface area contributed by atoms with Crippen molar-refractivity contribution < 1.29 is 125 Å². The molecule has 2 aliphatic heterocycles. The quantitative estimate of drug-likeness (QED) is 0.203. The predicted octanol–water partition coefficient (Wildman–Crippen LogP) is -3.79. The number of hydrogen-bond donors (Lipinski definition) is 1. The van der Waals surface area contributed by atoms with E-state index in [4.69, 9.17) is 27.5 Å². The second-order valence-electron chi connectivity index (χ2n) is 8.02. The molecule has 0 spiro atoms. The summed E-state index contributed by atoms with van der Waals surface area (Å²) in [4.78, 5) is 14.7. The van der Waals surface area contributed by atoms with Crippen LogP contribution in [-0.2, 0) is 17.4 Å². The third-order valence-electron chi connectivity index (χ3n) is 5.81. The Morgan fingerprint density at radius 2 is 1.38 bits per heavy atom. The van der Waals surface area contributed by atoms with Crippen LogP contribution in [0.25, 0.3) is 22.3 Å². The van der Waals surface area contributed by atoms with Gasteiger partial charge in [-0.2, -0.15) is 9.97 Å². The molecule has 0 radical (unpaired) electrons. The van der Waals surface area contributed by atoms with E-state index in [1.165, 1.54) is 25.7 Å². The summed E-state index contributed by atoms with van der Waals surface area (Å²) < 4.78 is 36.2. The number of phenols is 1. The summed E-state index contributed by atoms with van der Waals surface area (Å²) in [7, 11) is -3.10. The molecule has 3 aromatic rings. The van der Waals surface area contributed by atoms with Crippen molar-refractivity contribution in [2.45, 2.75) is 25.7 Å². The van der Waals surface area contributed by atoms with Gasteiger partial charge >= 0.3 is 103 Å². The van der Waals surface area contributed by atoms with E-state index in [0.717, 1.165) is 60.2 Å². The summed E-state index contributed by atoms with van der Waals surface area (Å²) >= 11 is 0. The van der Waals surface area contributed by atoms with E-state index >= 15 is 0 Å². The Morgan fingerprint density at radius 1 is 0.882 bits per heavy atom. The molecule has 2 aromatic heterocycles. The van der Waals surface area contributed by atoms with E-state index < -0.39 is 10.4 Å². The van der Waals surface area contributed by atoms with Crippen molar-refractivity contribution in [2.75, 3.05) is 36.0 Å². The van der Waals surface area contributed by atoms with E-state index in [1.807, 2.05) is 12.1 Å². The first-order valence-corrected chi connectivity index (χ1v) is 11.9. The molecule has 5 rings (SSSR count). The Hall–Kier alpha value is 0.383. The molecule has 0 atom stereocenters. The Morgan fingerprint density at radius 3 is 1.91 bits per heavy atom. The average molecular weight is 538 g/mol. The van der Waals surface area contributed by atoms with Crippen LogP contribution in [0.15, 0.2) is 30.3 Å². The Bertz CT molecular complexity index is 1200. The third kappa shape index (κ3) is 7.69. The van der Waals surface area contributed by atoms with Gasteiger partial charge in [0.15, 0.2) is 0 Å². The molecule has 4 heterocycles. The van der Waals surface area contributed by atoms with E-state index in [1.54, 1.807) is 12.1 Å². The Labute approximate surface area is 284 Å². The first kappa shape index (κ1) is 30.6. The van der Waals surface area contributed by atoms with Crippen LogP contribution >= 0.6 is 0 Å². The van der Waals surface area contributed by atoms with Crippen LogP contribution in [0, 0.1) is 0 Å². The zero-order valence-electron chi connectivity index (χ0n) is 19.8. The van der Waals surface area contributed by atoms with Crippen molar-refractivity contribution in [3.8, 4) is 17.0 Å². The standard InChI is InChI=1S/C21H25N5O.2K.H2O4S/c1-24-18(15-6-8-16(27)9-7-15)14-17-19(24)22-21(26-12-4-5-13-26)23-20(17)25-10-2-3-11-25;;;1-5(2,3)4/h6-9,14,27H,2-5,10-13H2,1H3;;;(H2,1,2,3,4)/q;2*+1;/p-2. The maximum absolute atomic E-state index is 9.62. The maximum Gasteiger partial charge on any atom is 1.00 e. The van der Waals surface area contributed by atoms with Gasteiger partial charge in [-0.25, -0.2) is 0 Å². The van der Waals surface area contributed by atoms with Crippen molar-refractivity contribution in [1.82, 2.24) is 14.5 Å². The topological polar surface area (TPSA) is 138 Å². The van der Waals surface area contributed by atoms with Gasteiger partial charge in [0.1, 0.15) is 17.2 Å². The molecule has 10 nitrogen and oxygen atoms in total. The maximum atomic E-state index is 9.62. The molecule has 34 heavy (non-hydrogen) atoms. The molecule has 172 valence electrons. The Balaban J connectivity index is 0.000000533. The van der Waals surface area contributed by atoms with Gasteiger partial charge in [-0.05, 0) is 61.6 Å². The first-order chi connectivity index (χ1) is 15.2. The molecule has 2 aliphatic rings. The number of nitrogens with zero attached hydrogens (tertiary/aromatic N) is 5. The van der Waals surface area contributed by atoms with Gasteiger partial charge in [0.25, 0.3) is 0 Å². The van der Waals surface area contributed by atoms with Crippen LogP contribution < -0.4 is 113 Å². The molecule has 0 amide bonds. The molecule has 1 N–H and O–H groups in total. The van der Waals surface area contributed by atoms with E-state index in [2.05, 4.69) is 27.5 Å². The van der Waals surface area contributed by atoms with Gasteiger partial charge in [0.2, 0.25) is 5.95 Å². The summed E-state index contributed by atoms with van der Waals surface area (Å²) in [5.41, 5.74) is 3.15. The zero-order chi connectivity index (χ0) is 22.9. The van der Waals surface area contributed by atoms with E-state index in [9.17, 15) is 5.11 Å². The fourth-order valence-electron chi connectivity index (χ4n) is 4.31. The number of hydrogen-bond acceptors (Lipinski definition) is 9. The molecule has 0 unspecified atom stereocenters. The number of fused-ring (bicyclic) bond motifs is 1. The minimum atomic E-state index is -5.17. The first-order valence-electron chi connectivity index (χ1n) is 10.5. The van der Waals surface area contributed by atoms with Gasteiger partial charge in [-0.1, -0.05) is 0 Å². The molecular formula is C21H25K2N5O5S. The summed E-state index contributed by atoms with van der Waals surface area (Å²) in [5.74, 6) is 2.21. The second-order valence-corrected chi connectivity index (χ2v) is 8.83. The normalized spacial score (nSPS) is 15.5. The van der Waals surface area contributed by atoms with Crippen LogP contribution in [0.5, 0.6) is 5.75 Å². The Kier molecular flexibility index (Phi) is 11.9. The molecule has 2 saturated heterocycles. The number of aromatic nitrogens is 3. The predicted molar refractivity (Wildman–Crippen MR) is 119 cm³/mol. The largest absolute Gasteiger partial charge is 1.00 e. The van der Waals surface area contributed by atoms with Crippen LogP contribution in [0.4, 0.5) is 11.8 Å². The molecule has 0 bridgehead atoms. The van der Waals surface area contributed by atoms with Gasteiger partial charge in [-0.15, -0.1) is 0 Å². The van der Waals surface area contributed by atoms with Gasteiger partial charge in [0, 0.05) is 43.6 Å². The van der Waals surface area contributed by atoms with E-state index in [0.29, 0.717) is 0 Å². The van der Waals surface area contributed by atoms with Crippen LogP contribution in [0.1, 0.15) is 25.7 Å². The molecule has 1 aromatic carbocycles. The number of benzene rings is 1. The van der Waals surface area contributed by atoms with Crippen LogP contribution in [0.3, 0.4) is 0 Å². The third-order valence-corrected chi connectivity index (χ3v) is 5.81. The van der Waals surface area contributed by atoms with Crippen molar-refractivity contribution in [2.24, 2.45) is 7.05 Å². The van der Waals surface area contributed by atoms with Crippen molar-refractivity contribution >= 4 is 33.2 Å². The summed E-state index contributed by atoms with van der Waals surface area (Å²) in [5, 5.41) is 10.7. The number of anilines is 2. The van der Waals surface area contributed by atoms with Gasteiger partial charge in [-0.3, -0.25) is 8.42 Å². The average Bonchev–Trinajstić information content (AvgIpc) is 3.49. The molecule has 2 fully saturated rings. The fraction of sp³-hybridized carbons (Fsp3) is 0.429. The zero-order valence-corrected chi connectivity index (χ0v) is 26.8. The smallest absolute Gasteiger partial charge is 0.759 e. The van der Waals surface area contributed by atoms with E-state index in [-0.39, 0.29) is 109 Å². The molecule has 0 aliphatic carbocycles. The second kappa shape index (κ2) is 13.3. The summed E-state index contributed by atoms with van der Waals surface area (Å²) in [6.45, 7) is 4.21. The minimum Gasteiger partial charge on any atom is -0.759 e. The number of phenolic OH excluding ortho intramolecular Hbond substituents is 1. The van der Waals surface area contributed by atoms with Gasteiger partial charge < -0.3 is 28.6 Å². The summed E-state index contributed by atoms with van der Waals surface area (Å²) in [6.07, 6.45) is 4.88. The number of aryl methyl sites for hydroxylation is 1. The number of aromatic hydroxyl groups is 1. The minimum absolute atomic E-state index is 0. The van der Waals surface area contributed by atoms with Gasteiger partial charge in [0.05, 0.1) is 11.1 Å².